The van der Waals surface area contributed by atoms with Gasteiger partial charge in [-0.15, -0.1) is 0 Å². The fourth-order valence-corrected chi connectivity index (χ4v) is 4.10. The second-order valence-corrected chi connectivity index (χ2v) is 7.52. The fraction of sp³-hybridized carbons (Fsp3) is 0.500. The van der Waals surface area contributed by atoms with E-state index in [-0.39, 0.29) is 23.5 Å². The molecule has 0 radical (unpaired) electrons. The van der Waals surface area contributed by atoms with Gasteiger partial charge in [0, 0.05) is 12.6 Å². The van der Waals surface area contributed by atoms with Gasteiger partial charge in [0.1, 0.15) is 16.7 Å². The molecule has 0 aromatic heterocycles. The number of carbonyl (C=O) groups excluding carboxylic acids is 1. The van der Waals surface area contributed by atoms with E-state index in [0.717, 1.165) is 0 Å². The van der Waals surface area contributed by atoms with Crippen molar-refractivity contribution >= 4 is 16.1 Å². The Hall–Kier alpha value is -1.80. The summed E-state index contributed by atoms with van der Waals surface area (Å²) < 4.78 is 33.2. The first-order chi connectivity index (χ1) is 10.4. The van der Waals surface area contributed by atoms with Gasteiger partial charge in [-0.25, -0.2) is 17.9 Å². The van der Waals surface area contributed by atoms with Crippen molar-refractivity contribution in [3.63, 3.8) is 0 Å². The maximum atomic E-state index is 12.4. The van der Waals surface area contributed by atoms with Crippen LogP contribution in [0.2, 0.25) is 0 Å². The van der Waals surface area contributed by atoms with E-state index in [2.05, 4.69) is 10.0 Å². The quantitative estimate of drug-likeness (QED) is 0.788. The topological polar surface area (TPSA) is 87.7 Å². The third kappa shape index (κ3) is 2.76. The number of nitrogens with zero attached hydrogens (tertiary/aromatic N) is 1. The number of rotatable bonds is 1. The van der Waals surface area contributed by atoms with Crippen LogP contribution < -0.4 is 14.8 Å². The van der Waals surface area contributed by atoms with Gasteiger partial charge in [0.15, 0.2) is 0 Å². The smallest absolute Gasteiger partial charge is 0.317 e. The van der Waals surface area contributed by atoms with Crippen LogP contribution in [0.4, 0.5) is 4.79 Å². The highest BCUT2D eigenvalue weighted by Gasteiger charge is 2.42. The summed E-state index contributed by atoms with van der Waals surface area (Å²) in [5.41, 5.74) is 0. The van der Waals surface area contributed by atoms with E-state index < -0.39 is 22.2 Å². The predicted octanol–water partition coefficient (Wildman–Crippen LogP) is 0.528. The minimum atomic E-state index is -3.64. The van der Waals surface area contributed by atoms with Gasteiger partial charge in [0.2, 0.25) is 10.0 Å². The maximum absolute atomic E-state index is 12.4. The summed E-state index contributed by atoms with van der Waals surface area (Å²) in [4.78, 5) is 13.8. The minimum Gasteiger partial charge on any atom is -0.485 e. The van der Waals surface area contributed by atoms with Crippen LogP contribution in [-0.2, 0) is 10.0 Å². The Morgan fingerprint density at radius 1 is 1.36 bits per heavy atom. The summed E-state index contributed by atoms with van der Waals surface area (Å²) in [7, 11) is -3.64. The summed E-state index contributed by atoms with van der Waals surface area (Å²) in [6, 6.07) is 5.90. The van der Waals surface area contributed by atoms with Crippen molar-refractivity contribution in [1.29, 1.82) is 0 Å². The lowest BCUT2D eigenvalue weighted by Gasteiger charge is -2.19. The molecule has 120 valence electrons. The monoisotopic (exact) mass is 325 g/mol. The van der Waals surface area contributed by atoms with Crippen LogP contribution >= 0.6 is 0 Å². The highest BCUT2D eigenvalue weighted by molar-refractivity contribution is 7.89. The highest BCUT2D eigenvalue weighted by atomic mass is 32.2. The number of benzene rings is 1. The van der Waals surface area contributed by atoms with E-state index in [9.17, 15) is 13.2 Å². The highest BCUT2D eigenvalue weighted by Crippen LogP contribution is 2.30. The van der Waals surface area contributed by atoms with Crippen LogP contribution in [0.25, 0.3) is 0 Å². The Morgan fingerprint density at radius 2 is 2.09 bits per heavy atom. The Morgan fingerprint density at radius 3 is 2.82 bits per heavy atom. The molecule has 1 aromatic carbocycles. The zero-order valence-electron chi connectivity index (χ0n) is 12.4. The molecule has 8 heteroatoms. The fourth-order valence-electron chi connectivity index (χ4n) is 2.71. The molecule has 0 saturated carbocycles. The second kappa shape index (κ2) is 5.44. The second-order valence-electron chi connectivity index (χ2n) is 5.84. The van der Waals surface area contributed by atoms with Crippen molar-refractivity contribution in [3.05, 3.63) is 24.3 Å². The average Bonchev–Trinajstić information content (AvgIpc) is 2.76. The molecule has 3 rings (SSSR count). The maximum Gasteiger partial charge on any atom is 0.317 e. The molecule has 2 unspecified atom stereocenters. The number of ether oxygens (including phenoxy) is 1. The first-order valence-corrected chi connectivity index (χ1v) is 8.68. The van der Waals surface area contributed by atoms with Crippen molar-refractivity contribution in [2.45, 2.75) is 36.9 Å². The molecule has 2 heterocycles. The third-order valence-corrected chi connectivity index (χ3v) is 5.22. The number of nitrogens with one attached hydrogen (secondary N) is 2. The molecule has 0 aliphatic carbocycles. The Bertz CT molecular complexity index is 689. The molecule has 1 saturated heterocycles. The number of urea groups is 1. The van der Waals surface area contributed by atoms with Gasteiger partial charge in [0.05, 0.1) is 12.6 Å². The molecule has 2 N–H and O–H groups in total. The van der Waals surface area contributed by atoms with Gasteiger partial charge in [-0.2, -0.15) is 0 Å². The molecule has 2 aliphatic rings. The molecular weight excluding hydrogens is 306 g/mol. The standard InChI is InChI=1S/C14H19N3O4S/c1-9(2)15-14(18)17-7-10-12(8-17)21-11-5-3-4-6-13(11)22(19,20)16-10/h3-6,9-10,12,16H,7-8H2,1-2H3,(H,15,18). The molecule has 0 spiro atoms. The number of carbonyl (C=O) groups is 1. The third-order valence-electron chi connectivity index (χ3n) is 3.69. The molecule has 7 nitrogen and oxygen atoms in total. The number of hydrogen-bond donors (Lipinski definition) is 2. The van der Waals surface area contributed by atoms with E-state index in [0.29, 0.717) is 12.3 Å². The summed E-state index contributed by atoms with van der Waals surface area (Å²) in [6.07, 6.45) is -0.392. The number of fused-ring (bicyclic) bond motifs is 2. The number of likely N-dealkylation sites (tertiary alicyclic amines) is 1. The van der Waals surface area contributed by atoms with Gasteiger partial charge in [-0.3, -0.25) is 0 Å². The van der Waals surface area contributed by atoms with E-state index >= 15 is 0 Å². The van der Waals surface area contributed by atoms with E-state index in [1.165, 1.54) is 6.07 Å². The van der Waals surface area contributed by atoms with Gasteiger partial charge in [-0.1, -0.05) is 12.1 Å². The van der Waals surface area contributed by atoms with Crippen molar-refractivity contribution in [2.24, 2.45) is 0 Å². The molecule has 2 amide bonds. The Labute approximate surface area is 129 Å². The van der Waals surface area contributed by atoms with Crippen molar-refractivity contribution in [2.75, 3.05) is 13.1 Å². The summed E-state index contributed by atoms with van der Waals surface area (Å²) in [5, 5.41) is 2.80. The number of amides is 2. The lowest BCUT2D eigenvalue weighted by molar-refractivity contribution is 0.178. The van der Waals surface area contributed by atoms with Crippen molar-refractivity contribution in [1.82, 2.24) is 14.9 Å². The lowest BCUT2D eigenvalue weighted by atomic mass is 10.2. The zero-order valence-corrected chi connectivity index (χ0v) is 13.3. The number of sulfonamides is 1. The lowest BCUT2D eigenvalue weighted by Crippen LogP contribution is -2.44. The first-order valence-electron chi connectivity index (χ1n) is 7.20. The largest absolute Gasteiger partial charge is 0.485 e. The van der Waals surface area contributed by atoms with E-state index in [1.54, 1.807) is 23.1 Å². The van der Waals surface area contributed by atoms with Crippen LogP contribution in [0.3, 0.4) is 0 Å². The predicted molar refractivity (Wildman–Crippen MR) is 80.2 cm³/mol. The summed E-state index contributed by atoms with van der Waals surface area (Å²) in [6.45, 7) is 4.39. The van der Waals surface area contributed by atoms with Gasteiger partial charge in [-0.05, 0) is 26.0 Å². The van der Waals surface area contributed by atoms with Crippen molar-refractivity contribution < 1.29 is 17.9 Å². The molecule has 1 aromatic rings. The van der Waals surface area contributed by atoms with E-state index in [4.69, 9.17) is 4.74 Å². The molecular formula is C14H19N3O4S. The zero-order chi connectivity index (χ0) is 15.9. The number of hydrogen-bond acceptors (Lipinski definition) is 4. The summed E-state index contributed by atoms with van der Waals surface area (Å²) >= 11 is 0. The molecule has 1 fully saturated rings. The molecule has 2 atom stereocenters. The minimum absolute atomic E-state index is 0.0243. The van der Waals surface area contributed by atoms with Crippen LogP contribution in [0.15, 0.2) is 29.2 Å². The van der Waals surface area contributed by atoms with Crippen LogP contribution in [0.5, 0.6) is 5.75 Å². The number of para-hydroxylation sites is 1. The van der Waals surface area contributed by atoms with Crippen LogP contribution in [0.1, 0.15) is 13.8 Å². The van der Waals surface area contributed by atoms with Crippen LogP contribution in [0, 0.1) is 0 Å². The normalized spacial score (nSPS) is 25.9. The van der Waals surface area contributed by atoms with Gasteiger partial charge < -0.3 is 15.0 Å². The van der Waals surface area contributed by atoms with Gasteiger partial charge >= 0.3 is 6.03 Å². The molecule has 22 heavy (non-hydrogen) atoms. The SMILES string of the molecule is CC(C)NC(=O)N1CC2NS(=O)(=O)c3ccccc3OC2C1. The molecule has 2 aliphatic heterocycles. The Kier molecular flexibility index (Phi) is 3.73. The average molecular weight is 325 g/mol. The first kappa shape index (κ1) is 15.1. The van der Waals surface area contributed by atoms with E-state index in [1.807, 2.05) is 13.8 Å². The summed E-state index contributed by atoms with van der Waals surface area (Å²) in [5.74, 6) is 0.327. The van der Waals surface area contributed by atoms with Crippen LogP contribution in [-0.4, -0.2) is 50.6 Å². The molecule has 0 bridgehead atoms. The van der Waals surface area contributed by atoms with Gasteiger partial charge in [0.25, 0.3) is 0 Å². The van der Waals surface area contributed by atoms with Crippen molar-refractivity contribution in [3.8, 4) is 5.75 Å². The Balaban J connectivity index is 1.84.